The number of carbonyl (C=O) groups excluding carboxylic acids is 2. The van der Waals surface area contributed by atoms with Crippen LogP contribution in [0, 0.1) is 0 Å². The van der Waals surface area contributed by atoms with Crippen LogP contribution in [0.15, 0.2) is 0 Å². The minimum Gasteiger partial charge on any atom is -0.550 e. The fourth-order valence-corrected chi connectivity index (χ4v) is 1.90. The Balaban J connectivity index is 5.23. The Morgan fingerprint density at radius 1 is 1.44 bits per heavy atom. The van der Waals surface area contributed by atoms with Gasteiger partial charge in [-0.1, -0.05) is 6.92 Å². The van der Waals surface area contributed by atoms with E-state index in [1.165, 1.54) is 0 Å². The topological polar surface area (TPSA) is 77.4 Å². The lowest BCUT2D eigenvalue weighted by molar-refractivity contribution is -0.884. The van der Waals surface area contributed by atoms with Crippen molar-refractivity contribution >= 4 is 27.7 Å². The van der Waals surface area contributed by atoms with Gasteiger partial charge in [0.25, 0.3) is 0 Å². The molecule has 0 spiro atoms. The minimum absolute atomic E-state index is 0.0753. The number of aliphatic hydroxyl groups is 1. The van der Waals surface area contributed by atoms with Crippen LogP contribution >= 0.6 is 15.9 Å². The number of alkyl halides is 1. The van der Waals surface area contributed by atoms with Crippen molar-refractivity contribution in [3.05, 3.63) is 0 Å². The predicted octanol–water partition coefficient (Wildman–Crippen LogP) is -0.736. The molecule has 0 aliphatic carbocycles. The van der Waals surface area contributed by atoms with E-state index in [0.29, 0.717) is 0 Å². The third kappa shape index (κ3) is 3.54. The van der Waals surface area contributed by atoms with Gasteiger partial charge < -0.3 is 19.5 Å². The summed E-state index contributed by atoms with van der Waals surface area (Å²) in [6.45, 7) is 1.58. The number of aliphatic carboxylic acids is 1. The number of carbonyl (C=O) groups is 2. The SMILES string of the molecule is CCC(=O)C(O)(CC(=O)[O-])C(Br)[N+](C)(C)C. The van der Waals surface area contributed by atoms with Crippen LogP contribution in [0.5, 0.6) is 0 Å². The zero-order valence-corrected chi connectivity index (χ0v) is 11.6. The number of likely N-dealkylation sites (N-methyl/N-ethyl adjacent to an activating group) is 1. The molecular weight excluding hydrogens is 278 g/mol. The molecule has 5 nitrogen and oxygen atoms in total. The summed E-state index contributed by atoms with van der Waals surface area (Å²) in [5.41, 5.74) is -1.94. The van der Waals surface area contributed by atoms with E-state index in [1.807, 2.05) is 0 Å². The molecule has 0 aromatic carbocycles. The lowest BCUT2D eigenvalue weighted by atomic mass is 9.91. The van der Waals surface area contributed by atoms with E-state index in [9.17, 15) is 19.8 Å². The second-order valence-corrected chi connectivity index (χ2v) is 5.57. The zero-order valence-electron chi connectivity index (χ0n) is 9.99. The molecule has 0 aromatic rings. The quantitative estimate of drug-likeness (QED) is 0.398. The van der Waals surface area contributed by atoms with E-state index in [0.717, 1.165) is 0 Å². The number of carboxylic acid groups (broad SMARTS) is 1. The maximum absolute atomic E-state index is 11.7. The van der Waals surface area contributed by atoms with Crippen LogP contribution in [-0.4, -0.2) is 53.0 Å². The van der Waals surface area contributed by atoms with E-state index in [1.54, 1.807) is 28.1 Å². The number of nitrogens with zero attached hydrogens (tertiary/aromatic N) is 1. The molecule has 16 heavy (non-hydrogen) atoms. The van der Waals surface area contributed by atoms with E-state index < -0.39 is 28.7 Å². The third-order valence-electron chi connectivity index (χ3n) is 2.29. The normalized spacial score (nSPS) is 17.6. The van der Waals surface area contributed by atoms with Gasteiger partial charge in [0.15, 0.2) is 16.3 Å². The third-order valence-corrected chi connectivity index (χ3v) is 4.28. The Morgan fingerprint density at radius 3 is 2.12 bits per heavy atom. The monoisotopic (exact) mass is 295 g/mol. The van der Waals surface area contributed by atoms with Crippen LogP contribution in [-0.2, 0) is 9.59 Å². The molecule has 0 amide bonds. The van der Waals surface area contributed by atoms with Crippen molar-refractivity contribution in [3.8, 4) is 0 Å². The van der Waals surface area contributed by atoms with Crippen molar-refractivity contribution in [2.24, 2.45) is 0 Å². The number of Topliss-reactive ketones (excluding diaryl/α,β-unsaturated/α-hetero) is 1. The molecule has 0 rings (SSSR count). The first-order valence-electron chi connectivity index (χ1n) is 4.96. The molecule has 0 heterocycles. The standard InChI is InChI=1S/C10H18BrNO4/c1-5-7(13)10(16,6-8(14)15)9(11)12(2,3)4/h9,16H,5-6H2,1-4H3. The van der Waals surface area contributed by atoms with Gasteiger partial charge in [-0.2, -0.15) is 0 Å². The highest BCUT2D eigenvalue weighted by Crippen LogP contribution is 2.29. The van der Waals surface area contributed by atoms with E-state index >= 15 is 0 Å². The maximum atomic E-state index is 11.7. The average Bonchev–Trinajstić information content (AvgIpc) is 2.12. The smallest absolute Gasteiger partial charge is 0.190 e. The summed E-state index contributed by atoms with van der Waals surface area (Å²) in [6, 6.07) is 0. The average molecular weight is 296 g/mol. The molecule has 0 aromatic heterocycles. The number of rotatable bonds is 6. The number of carboxylic acids is 1. The minimum atomic E-state index is -1.94. The van der Waals surface area contributed by atoms with Crippen molar-refractivity contribution in [1.82, 2.24) is 0 Å². The van der Waals surface area contributed by atoms with Crippen LogP contribution in [0.2, 0.25) is 0 Å². The van der Waals surface area contributed by atoms with Crippen molar-refractivity contribution < 1.29 is 24.3 Å². The number of hydrogen-bond acceptors (Lipinski definition) is 4. The first-order valence-corrected chi connectivity index (χ1v) is 5.88. The summed E-state index contributed by atoms with van der Waals surface area (Å²) in [4.78, 5) is 21.6. The van der Waals surface area contributed by atoms with Gasteiger partial charge in [-0.15, -0.1) is 0 Å². The summed E-state index contributed by atoms with van der Waals surface area (Å²) in [5.74, 6) is -1.95. The van der Waals surface area contributed by atoms with Crippen LogP contribution in [0.1, 0.15) is 19.8 Å². The van der Waals surface area contributed by atoms with Gasteiger partial charge in [-0.25, -0.2) is 0 Å². The summed E-state index contributed by atoms with van der Waals surface area (Å²) in [7, 11) is 5.26. The lowest BCUT2D eigenvalue weighted by Gasteiger charge is -2.40. The number of hydrogen-bond donors (Lipinski definition) is 1. The fraction of sp³-hybridized carbons (Fsp3) is 0.800. The summed E-state index contributed by atoms with van der Waals surface area (Å²) in [6.07, 6.45) is -0.628. The van der Waals surface area contributed by atoms with E-state index in [4.69, 9.17) is 0 Å². The molecule has 0 aliphatic rings. The Bertz CT molecular complexity index is 287. The highest BCUT2D eigenvalue weighted by atomic mass is 79.9. The van der Waals surface area contributed by atoms with Crippen LogP contribution in [0.4, 0.5) is 0 Å². The first-order chi connectivity index (χ1) is 7.05. The molecule has 0 aliphatic heterocycles. The van der Waals surface area contributed by atoms with Gasteiger partial charge in [0.05, 0.1) is 21.1 Å². The predicted molar refractivity (Wildman–Crippen MR) is 60.6 cm³/mol. The molecule has 2 unspecified atom stereocenters. The highest BCUT2D eigenvalue weighted by Gasteiger charge is 2.48. The maximum Gasteiger partial charge on any atom is 0.190 e. The van der Waals surface area contributed by atoms with Crippen molar-refractivity contribution in [2.45, 2.75) is 30.3 Å². The molecule has 0 saturated carbocycles. The lowest BCUT2D eigenvalue weighted by Crippen LogP contribution is -2.60. The number of quaternary nitrogens is 1. The molecule has 2 atom stereocenters. The van der Waals surface area contributed by atoms with Gasteiger partial charge >= 0.3 is 0 Å². The van der Waals surface area contributed by atoms with Gasteiger partial charge in [0.2, 0.25) is 0 Å². The number of halogens is 1. The van der Waals surface area contributed by atoms with Crippen LogP contribution in [0.25, 0.3) is 0 Å². The molecule has 0 fully saturated rings. The fourth-order valence-electron chi connectivity index (χ4n) is 1.48. The molecule has 0 bridgehead atoms. The molecule has 0 saturated heterocycles. The summed E-state index contributed by atoms with van der Waals surface area (Å²) >= 11 is 3.20. The first kappa shape index (κ1) is 15.5. The molecule has 6 heteroatoms. The Morgan fingerprint density at radius 2 is 1.88 bits per heavy atom. The van der Waals surface area contributed by atoms with Gasteiger partial charge in [-0.3, -0.25) is 4.79 Å². The van der Waals surface area contributed by atoms with Gasteiger partial charge in [-0.05, 0) is 15.9 Å². The summed E-state index contributed by atoms with van der Waals surface area (Å²) in [5, 5.41) is 20.8. The molecule has 1 N–H and O–H groups in total. The van der Waals surface area contributed by atoms with Crippen LogP contribution < -0.4 is 5.11 Å². The summed E-state index contributed by atoms with van der Waals surface area (Å²) < 4.78 is 0.218. The van der Waals surface area contributed by atoms with Crippen molar-refractivity contribution in [1.29, 1.82) is 0 Å². The molecule has 94 valence electrons. The highest BCUT2D eigenvalue weighted by molar-refractivity contribution is 9.09. The Hall–Kier alpha value is -0.460. The van der Waals surface area contributed by atoms with E-state index in [2.05, 4.69) is 15.9 Å². The molecular formula is C10H18BrNO4. The van der Waals surface area contributed by atoms with E-state index in [-0.39, 0.29) is 10.9 Å². The van der Waals surface area contributed by atoms with Crippen LogP contribution in [0.3, 0.4) is 0 Å². The Labute approximate surface area is 104 Å². The van der Waals surface area contributed by atoms with Gasteiger partial charge in [0.1, 0.15) is 0 Å². The van der Waals surface area contributed by atoms with Gasteiger partial charge in [0, 0.05) is 18.8 Å². The zero-order chi connectivity index (χ0) is 13.1. The largest absolute Gasteiger partial charge is 0.550 e. The number of ketones is 1. The van der Waals surface area contributed by atoms with Crippen molar-refractivity contribution in [2.75, 3.05) is 21.1 Å². The molecule has 0 radical (unpaired) electrons. The second kappa shape index (κ2) is 5.25. The Kier molecular flexibility index (Phi) is 5.10. The van der Waals surface area contributed by atoms with Crippen molar-refractivity contribution in [3.63, 3.8) is 0 Å². The second-order valence-electron chi connectivity index (χ2n) is 4.70.